The van der Waals surface area contributed by atoms with E-state index in [0.29, 0.717) is 0 Å². The van der Waals surface area contributed by atoms with Crippen LogP contribution in [-0.2, 0) is 10.8 Å². The second kappa shape index (κ2) is 29.9. The van der Waals surface area contributed by atoms with Gasteiger partial charge in [0, 0.05) is 44.5 Å². The summed E-state index contributed by atoms with van der Waals surface area (Å²) in [6.07, 6.45) is 0. The van der Waals surface area contributed by atoms with Gasteiger partial charge in [0.2, 0.25) is 0 Å². The second-order valence-electron chi connectivity index (χ2n) is 31.5. The highest BCUT2D eigenvalue weighted by atomic mass is 14.3. The fraction of sp³-hybridized carbons (Fsp3) is 0.0877. The van der Waals surface area contributed by atoms with E-state index in [1.165, 1.54) is 142 Å². The van der Waals surface area contributed by atoms with Gasteiger partial charge >= 0.3 is 0 Å². The predicted molar refractivity (Wildman–Crippen MR) is 493 cm³/mol. The molecule has 20 aromatic carbocycles. The Labute approximate surface area is 669 Å². The third-order valence-electron chi connectivity index (χ3n) is 22.5. The van der Waals surface area contributed by atoms with Crippen molar-refractivity contribution in [2.24, 2.45) is 0 Å². The predicted octanol–water partition coefficient (Wildman–Crippen LogP) is 29.9. The number of rotatable bonds is 4. The lowest BCUT2D eigenvalue weighted by Gasteiger charge is -2.20. The van der Waals surface area contributed by atoms with E-state index in [0.717, 1.165) is 66.1 Å². The van der Waals surface area contributed by atoms with Gasteiger partial charge in [0.25, 0.3) is 0 Å². The van der Waals surface area contributed by atoms with E-state index in [2.05, 4.69) is 404 Å². The minimum atomic E-state index is 0. The zero-order valence-corrected chi connectivity index (χ0v) is 63.5. The molecule has 0 radical (unpaired) electrons. The summed E-state index contributed by atoms with van der Waals surface area (Å²) in [5.41, 5.74) is 20.4. The van der Waals surface area contributed by atoms with Crippen molar-refractivity contribution in [1.29, 1.82) is 0 Å². The van der Waals surface area contributed by atoms with E-state index < -0.39 is 0 Å². The van der Waals surface area contributed by atoms with Crippen LogP contribution in [0.15, 0.2) is 352 Å². The summed E-state index contributed by atoms with van der Waals surface area (Å²) in [6.45, 7) is 13.5. The van der Waals surface area contributed by atoms with Crippen molar-refractivity contribution < 1.29 is 0 Å². The summed E-state index contributed by atoms with van der Waals surface area (Å²) < 4.78 is 0. The number of benzene rings is 20. The monoisotopic (exact) mass is 1450 g/mol. The molecule has 0 spiro atoms. The molecule has 114 heavy (non-hydrogen) atoms. The molecule has 0 atom stereocenters. The number of fused-ring (bicyclic) bond motifs is 4. The van der Waals surface area contributed by atoms with E-state index >= 15 is 0 Å². The highest BCUT2D eigenvalue weighted by Gasteiger charge is 2.24. The Balaban J connectivity index is 0.000000163. The lowest BCUT2D eigenvalue weighted by atomic mass is 9.82. The van der Waals surface area contributed by atoms with Crippen LogP contribution in [0.25, 0.3) is 152 Å². The van der Waals surface area contributed by atoms with Crippen LogP contribution < -0.4 is 0 Å². The zero-order valence-electron chi connectivity index (χ0n) is 63.5. The first kappa shape index (κ1) is 72.6. The Morgan fingerprint density at radius 3 is 0.623 bits per heavy atom. The average Bonchev–Trinajstić information content (AvgIpc) is 0.713. The van der Waals surface area contributed by atoms with Crippen molar-refractivity contribution in [1.82, 2.24) is 0 Å². The minimum absolute atomic E-state index is 0. The lowest BCUT2D eigenvalue weighted by molar-refractivity contribution is 0.590. The molecule has 0 heteroatoms. The summed E-state index contributed by atoms with van der Waals surface area (Å²) in [6, 6.07) is 127. The molecule has 0 unspecified atom stereocenters. The molecule has 0 saturated carbocycles. The van der Waals surface area contributed by atoms with Gasteiger partial charge in [-0.25, -0.2) is 0 Å². The highest BCUT2D eigenvalue weighted by molar-refractivity contribution is 6.32. The first-order valence-corrected chi connectivity index (χ1v) is 38.7. The molecule has 0 heterocycles. The quantitative estimate of drug-likeness (QED) is 0.122. The molecule has 540 valence electrons. The van der Waals surface area contributed by atoms with Gasteiger partial charge in [-0.05, 0) is 247 Å². The van der Waals surface area contributed by atoms with Gasteiger partial charge < -0.3 is 0 Å². The maximum atomic E-state index is 3.70. The number of hydrogen-bond donors (Lipinski definition) is 0. The van der Waals surface area contributed by atoms with E-state index in [-0.39, 0.29) is 25.7 Å². The molecular formula is C114H84. The second-order valence-corrected chi connectivity index (χ2v) is 31.5. The molecule has 20 rings (SSSR count). The van der Waals surface area contributed by atoms with E-state index in [4.69, 9.17) is 0 Å². The van der Waals surface area contributed by atoms with Gasteiger partial charge in [-0.3, -0.25) is 0 Å². The molecule has 0 amide bonds. The minimum Gasteiger partial charge on any atom is -0.0776 e. The SMILES string of the molecule is C.C.C(#Cc1cc(-c2cccc3ccccc23)c2ccc3c(-c4cccc5ccccc45)cc(C#Cc4ccccc4)c4ccc1c2c43)c1ccccc1.CC(C)(C)c1ccc(C#Cc2cc(-c3cccc4ccccc34)c3ccc4c(-c5cccc6ccccc56)cc(C#Cc5ccc(C(C)(C)C)cc5)c5ccc2c3c54)cc1. The summed E-state index contributed by atoms with van der Waals surface area (Å²) in [5.74, 6) is 28.8. The summed E-state index contributed by atoms with van der Waals surface area (Å²) in [7, 11) is 0. The third-order valence-corrected chi connectivity index (χ3v) is 22.5. The first-order valence-electron chi connectivity index (χ1n) is 38.7. The van der Waals surface area contributed by atoms with Crippen LogP contribution in [0, 0.1) is 47.4 Å². The molecule has 0 fully saturated rings. The van der Waals surface area contributed by atoms with E-state index in [1.54, 1.807) is 0 Å². The fourth-order valence-electron chi connectivity index (χ4n) is 16.8. The largest absolute Gasteiger partial charge is 0.0776 e. The van der Waals surface area contributed by atoms with Gasteiger partial charge in [-0.1, -0.05) is 383 Å². The summed E-state index contributed by atoms with van der Waals surface area (Å²) >= 11 is 0. The van der Waals surface area contributed by atoms with Crippen molar-refractivity contribution in [3.8, 4) is 91.9 Å². The third kappa shape index (κ3) is 13.4. The van der Waals surface area contributed by atoms with Crippen LogP contribution in [0.3, 0.4) is 0 Å². The van der Waals surface area contributed by atoms with Crippen molar-refractivity contribution in [2.75, 3.05) is 0 Å². The highest BCUT2D eigenvalue weighted by Crippen LogP contribution is 2.50. The molecule has 0 aliphatic rings. The van der Waals surface area contributed by atoms with E-state index in [1.807, 2.05) is 36.4 Å². The van der Waals surface area contributed by atoms with Crippen molar-refractivity contribution in [3.63, 3.8) is 0 Å². The Kier molecular flexibility index (Phi) is 19.0. The Bertz CT molecular complexity index is 6950. The topological polar surface area (TPSA) is 0 Å². The molecule has 0 aromatic heterocycles. The molecule has 0 nitrogen and oxygen atoms in total. The van der Waals surface area contributed by atoms with Crippen molar-refractivity contribution >= 4 is 108 Å². The van der Waals surface area contributed by atoms with Gasteiger partial charge in [0.05, 0.1) is 0 Å². The van der Waals surface area contributed by atoms with Crippen LogP contribution in [0.4, 0.5) is 0 Å². The van der Waals surface area contributed by atoms with Crippen molar-refractivity contribution in [3.05, 3.63) is 407 Å². The molecule has 20 aromatic rings. The van der Waals surface area contributed by atoms with Crippen molar-refractivity contribution in [2.45, 2.75) is 67.2 Å². The maximum absolute atomic E-state index is 3.70. The summed E-state index contributed by atoms with van der Waals surface area (Å²) in [5, 5.41) is 24.2. The molecule has 0 saturated heterocycles. The normalized spacial score (nSPS) is 11.4. The van der Waals surface area contributed by atoms with Gasteiger partial charge in [-0.15, -0.1) is 0 Å². The Hall–Kier alpha value is -14.2. The fourth-order valence-corrected chi connectivity index (χ4v) is 16.8. The van der Waals surface area contributed by atoms with Crippen LogP contribution >= 0.6 is 0 Å². The Morgan fingerprint density at radius 1 is 0.167 bits per heavy atom. The molecule has 0 bridgehead atoms. The van der Waals surface area contributed by atoms with Crippen LogP contribution in [-0.4, -0.2) is 0 Å². The van der Waals surface area contributed by atoms with E-state index in [9.17, 15) is 0 Å². The zero-order chi connectivity index (χ0) is 75.6. The molecule has 0 aliphatic heterocycles. The number of hydrogen-bond acceptors (Lipinski definition) is 0. The van der Waals surface area contributed by atoms with Crippen LogP contribution in [0.1, 0.15) is 112 Å². The van der Waals surface area contributed by atoms with Gasteiger partial charge in [0.15, 0.2) is 0 Å². The van der Waals surface area contributed by atoms with Crippen LogP contribution in [0.5, 0.6) is 0 Å². The van der Waals surface area contributed by atoms with Gasteiger partial charge in [0.1, 0.15) is 0 Å². The first-order chi connectivity index (χ1) is 54.8. The standard InChI is InChI=1S/C60H46.C52H30.2CH4/c1-59(2,3)45-29-23-39(24-30-45)21-27-43-37-55(51-19-11-15-41-13-7-9-17-47(41)51)53-35-36-54-56(52-20-12-16-42-14-8-10-18-48(42)52)38-44(50-34-33-49(43)57(53)58(50)54)28-22-40-25-31-46(32-26-40)60(4,5)6;1-3-13-35(14-4-1)25-27-39-33-49(45-23-11-19-37-17-7-9-21-41(37)45)47-31-32-48-50(46-24-12-20-38-18-8-10-22-42(38)46)34-40(28-26-36-15-5-2-6-16-36)44-30-29-43(39)51(47)52(44)48;;/h7-20,23-26,29-38H,1-6H3;1-24,29-34H;2*1H4. The Morgan fingerprint density at radius 2 is 0.377 bits per heavy atom. The smallest absolute Gasteiger partial charge is 0.0334 e. The average molecular weight is 1450 g/mol. The lowest BCUT2D eigenvalue weighted by Crippen LogP contribution is -2.10. The molecule has 0 aliphatic carbocycles. The van der Waals surface area contributed by atoms with Gasteiger partial charge in [-0.2, -0.15) is 0 Å². The molecule has 0 N–H and O–H groups in total. The maximum Gasteiger partial charge on any atom is 0.0334 e. The molecular weight excluding hydrogens is 1370 g/mol. The summed E-state index contributed by atoms with van der Waals surface area (Å²) in [4.78, 5) is 0. The van der Waals surface area contributed by atoms with Crippen LogP contribution in [0.2, 0.25) is 0 Å².